The van der Waals surface area contributed by atoms with Crippen molar-refractivity contribution in [1.82, 2.24) is 15.0 Å². The number of nitrogens with zero attached hydrogens (tertiary/aromatic N) is 6. The minimum atomic E-state index is -0.861. The van der Waals surface area contributed by atoms with Crippen LogP contribution in [0.25, 0.3) is 28.6 Å². The molecule has 0 saturated carbocycles. The third-order valence-electron chi connectivity index (χ3n) is 8.97. The first-order valence-electron chi connectivity index (χ1n) is 18.4. The highest BCUT2D eigenvalue weighted by Crippen LogP contribution is 2.39. The number of amides is 1. The zero-order chi connectivity index (χ0) is 37.8. The Morgan fingerprint density at radius 1 is 0.607 bits per heavy atom. The summed E-state index contributed by atoms with van der Waals surface area (Å²) in [7, 11) is 0. The molecular formula is C42H71ClN8O4S6. The fourth-order valence-electron chi connectivity index (χ4n) is 6.42. The van der Waals surface area contributed by atoms with Crippen molar-refractivity contribution in [3.05, 3.63) is 23.1 Å². The number of ether oxygens (including phenoxy) is 1. The van der Waals surface area contributed by atoms with Crippen molar-refractivity contribution in [3.8, 4) is 0 Å². The largest absolute Gasteiger partial charge is 0.477 e. The molecule has 0 bridgehead atoms. The maximum Gasteiger partial charge on any atom is 0.412 e. The van der Waals surface area contributed by atoms with E-state index in [1.54, 1.807) is 51.4 Å². The number of fused-ring (bicyclic) bond motifs is 3. The van der Waals surface area contributed by atoms with Gasteiger partial charge in [0.05, 0.1) is 19.1 Å². The second kappa shape index (κ2) is 25.9. The first-order valence-corrected chi connectivity index (χ1v) is 23.3. The number of carboxylic acid groups (broad SMARTS) is 1. The number of carbonyl (C=O) groups excluding carboxylic acids is 1. The van der Waals surface area contributed by atoms with Gasteiger partial charge in [0, 0.05) is 39.3 Å². The van der Waals surface area contributed by atoms with E-state index in [4.69, 9.17) is 20.6 Å². The number of piperidine rings is 3. The summed E-state index contributed by atoms with van der Waals surface area (Å²) in [6.07, 6.45) is 11.1. The van der Waals surface area contributed by atoms with E-state index in [0.29, 0.717) is 4.88 Å². The Hall–Kier alpha value is -3.00. The third kappa shape index (κ3) is 15.3. The van der Waals surface area contributed by atoms with E-state index in [9.17, 15) is 9.59 Å². The van der Waals surface area contributed by atoms with Gasteiger partial charge in [-0.05, 0) is 96.8 Å². The van der Waals surface area contributed by atoms with Crippen molar-refractivity contribution in [2.24, 2.45) is 0 Å². The van der Waals surface area contributed by atoms with E-state index >= 15 is 0 Å². The molecule has 61 heavy (non-hydrogen) atoms. The van der Waals surface area contributed by atoms with Gasteiger partial charge in [0.25, 0.3) is 0 Å². The molecule has 0 atom stereocenters. The van der Waals surface area contributed by atoms with Crippen molar-refractivity contribution in [3.63, 3.8) is 0 Å². The summed E-state index contributed by atoms with van der Waals surface area (Å²) >= 11 is 9.42. The number of halogens is 1. The Morgan fingerprint density at radius 2 is 0.984 bits per heavy atom. The van der Waals surface area contributed by atoms with Gasteiger partial charge < -0.3 is 30.3 Å². The van der Waals surface area contributed by atoms with Crippen LogP contribution in [-0.2, 0) is 4.74 Å². The zero-order valence-corrected chi connectivity index (χ0v) is 36.8. The van der Waals surface area contributed by atoms with E-state index in [2.05, 4.69) is 30.0 Å². The number of hydrogen-bond donors (Lipinski definition) is 3. The molecule has 9 rings (SSSR count). The predicted octanol–water partition coefficient (Wildman–Crippen LogP) is 14.9. The first kappa shape index (κ1) is 58.0. The number of thiophene rings is 3. The average molecular weight is 980 g/mol. The fraction of sp³-hybridized carbons (Fsp3) is 0.595. The van der Waals surface area contributed by atoms with Gasteiger partial charge >= 0.3 is 12.1 Å². The summed E-state index contributed by atoms with van der Waals surface area (Å²) in [5.41, 5.74) is 5.25. The van der Waals surface area contributed by atoms with Gasteiger partial charge in [0.15, 0.2) is 15.4 Å². The number of carbonyl (C=O) groups is 2. The summed E-state index contributed by atoms with van der Waals surface area (Å²) in [5, 5.41) is 16.7. The predicted molar refractivity (Wildman–Crippen MR) is 280 cm³/mol. The third-order valence-corrected chi connectivity index (χ3v) is 15.4. The Morgan fingerprint density at radius 3 is 1.34 bits per heavy atom. The smallest absolute Gasteiger partial charge is 0.412 e. The van der Waals surface area contributed by atoms with Crippen molar-refractivity contribution in [1.29, 1.82) is 0 Å². The van der Waals surface area contributed by atoms with Crippen molar-refractivity contribution >= 4 is 146 Å². The maximum absolute atomic E-state index is 11.8. The number of aromatic carboxylic acids is 1. The molecule has 3 fully saturated rings. The van der Waals surface area contributed by atoms with E-state index < -0.39 is 17.7 Å². The quantitative estimate of drug-likeness (QED) is 0.151. The van der Waals surface area contributed by atoms with E-state index in [1.165, 1.54) is 90.3 Å². The van der Waals surface area contributed by atoms with Crippen molar-refractivity contribution in [2.45, 2.75) is 129 Å². The number of thiazole rings is 3. The highest BCUT2D eigenvalue weighted by atomic mass is 35.5. The Bertz CT molecular complexity index is 2090. The highest BCUT2D eigenvalue weighted by molar-refractivity contribution is 7.31. The van der Waals surface area contributed by atoms with Crippen LogP contribution in [0.3, 0.4) is 0 Å². The maximum atomic E-state index is 11.8. The number of nitrogen functional groups attached to an aromatic ring is 1. The number of carboxylic acids is 1. The number of nitrogens with two attached hydrogens (primary N) is 1. The minimum Gasteiger partial charge on any atom is -0.477 e. The number of hydrogen-bond acceptors (Lipinski definition) is 16. The summed E-state index contributed by atoms with van der Waals surface area (Å²) in [6.45, 7) is 12.2. The summed E-state index contributed by atoms with van der Waals surface area (Å²) in [5.74, 6) is -0.861. The Labute approximate surface area is 395 Å². The molecule has 1 amide bonds. The van der Waals surface area contributed by atoms with E-state index in [0.717, 1.165) is 83.4 Å². The monoisotopic (exact) mass is 978 g/mol. The summed E-state index contributed by atoms with van der Waals surface area (Å²) in [6, 6.07) is 5.74. The SMILES string of the molecule is C.C.C.C.C.C.CC(C)(C)OC(=O)Nc1cc2sc(N3CCCCC3)nc2s1.Cl.Nc1cc2sc(N3CCCCC3)nc2s1.O=C(O)c1cc2sc(N3CCCCC3)nc2s1. The van der Waals surface area contributed by atoms with Crippen LogP contribution in [0.4, 0.5) is 30.2 Å². The molecule has 12 nitrogen and oxygen atoms in total. The lowest BCUT2D eigenvalue weighted by atomic mass is 10.1. The summed E-state index contributed by atoms with van der Waals surface area (Å²) < 4.78 is 8.61. The normalized spacial score (nSPS) is 14.7. The molecule has 19 heteroatoms. The number of aromatic nitrogens is 3. The molecule has 3 saturated heterocycles. The molecule has 3 aliphatic heterocycles. The van der Waals surface area contributed by atoms with E-state index in [-0.39, 0.29) is 57.0 Å². The first-order chi connectivity index (χ1) is 26.0. The minimum absolute atomic E-state index is 0. The van der Waals surface area contributed by atoms with Gasteiger partial charge in [-0.1, -0.05) is 101 Å². The summed E-state index contributed by atoms with van der Waals surface area (Å²) in [4.78, 5) is 46.9. The molecular weight excluding hydrogens is 908 g/mol. The molecule has 0 spiro atoms. The van der Waals surface area contributed by atoms with Crippen molar-refractivity contribution < 1.29 is 19.4 Å². The van der Waals surface area contributed by atoms with Gasteiger partial charge in [0.2, 0.25) is 0 Å². The average Bonchev–Trinajstić information content (AvgIpc) is 3.98. The van der Waals surface area contributed by atoms with Crippen LogP contribution >= 0.6 is 80.4 Å². The molecule has 4 N–H and O–H groups in total. The lowest BCUT2D eigenvalue weighted by Crippen LogP contribution is -2.29. The molecule has 6 aromatic rings. The van der Waals surface area contributed by atoms with Crippen LogP contribution in [-0.4, -0.2) is 77.0 Å². The number of nitrogens with one attached hydrogen (secondary N) is 1. The van der Waals surface area contributed by atoms with Gasteiger partial charge in [-0.15, -0.1) is 23.7 Å². The molecule has 0 radical (unpaired) electrons. The Balaban J connectivity index is 0.000000850. The molecule has 346 valence electrons. The van der Waals surface area contributed by atoms with Crippen LogP contribution < -0.4 is 25.8 Å². The zero-order valence-electron chi connectivity index (χ0n) is 31.1. The van der Waals surface area contributed by atoms with Gasteiger partial charge in [-0.3, -0.25) is 5.32 Å². The molecule has 9 heterocycles. The van der Waals surface area contributed by atoms with Gasteiger partial charge in [-0.25, -0.2) is 24.5 Å². The lowest BCUT2D eigenvalue weighted by Gasteiger charge is -2.25. The molecule has 0 aliphatic carbocycles. The molecule has 0 unspecified atom stereocenters. The van der Waals surface area contributed by atoms with Gasteiger partial charge in [-0.2, -0.15) is 0 Å². The number of rotatable bonds is 5. The van der Waals surface area contributed by atoms with Crippen molar-refractivity contribution in [2.75, 3.05) is 65.0 Å². The fourth-order valence-corrected chi connectivity index (χ4v) is 12.7. The second-order valence-corrected chi connectivity index (χ2v) is 20.6. The second-order valence-electron chi connectivity index (χ2n) is 14.4. The Kier molecular flexibility index (Phi) is 24.7. The van der Waals surface area contributed by atoms with E-state index in [1.807, 2.05) is 32.9 Å². The topological polar surface area (TPSA) is 150 Å². The van der Waals surface area contributed by atoms with Crippen LogP contribution in [0.5, 0.6) is 0 Å². The van der Waals surface area contributed by atoms with Gasteiger partial charge in [0.1, 0.15) is 30.0 Å². The van der Waals surface area contributed by atoms with Crippen LogP contribution in [0.1, 0.15) is 133 Å². The standard InChI is InChI=1S/C15H21N3O2S2.C11H12N2O2S2.C10H13N3S2.6CH4.ClH/c1-15(2,3)20-14(19)16-11-9-10-12(22-11)17-13(21-10)18-7-5-4-6-8-18;14-10(15)8-6-7-9(16-8)12-11(17-7)13-4-2-1-3-5-13;11-8-6-7-9(15-8)12-10(14-7)13-4-2-1-3-5-13;;;;;;;/h9H,4-8H2,1-3H3,(H,16,19);6H,1-5H2,(H,14,15);6H,1-5,11H2;6*1H4;1H. The lowest BCUT2D eigenvalue weighted by molar-refractivity contribution is 0.0634. The number of anilines is 5. The highest BCUT2D eigenvalue weighted by Gasteiger charge is 2.21. The van der Waals surface area contributed by atoms with Crippen LogP contribution in [0.2, 0.25) is 0 Å². The molecule has 6 aromatic heterocycles. The van der Waals surface area contributed by atoms with Crippen LogP contribution in [0.15, 0.2) is 18.2 Å². The molecule has 0 aromatic carbocycles. The van der Waals surface area contributed by atoms with Crippen LogP contribution in [0, 0.1) is 0 Å². The molecule has 3 aliphatic rings.